The molecule has 5 nitrogen and oxygen atoms in total. The predicted octanol–water partition coefficient (Wildman–Crippen LogP) is 2.81. The second-order valence-electron chi connectivity index (χ2n) is 5.43. The Hall–Kier alpha value is -1.98. The molecule has 0 amide bonds. The molecule has 1 aliphatic carbocycles. The fourth-order valence-corrected chi connectivity index (χ4v) is 2.51. The second-order valence-corrected chi connectivity index (χ2v) is 5.43. The van der Waals surface area contributed by atoms with E-state index in [0.29, 0.717) is 17.1 Å². The summed E-state index contributed by atoms with van der Waals surface area (Å²) in [6, 6.07) is 4.69. The van der Waals surface area contributed by atoms with Gasteiger partial charge in [-0.25, -0.2) is 9.07 Å². The lowest BCUT2D eigenvalue weighted by Crippen LogP contribution is -2.13. The maximum atomic E-state index is 14.0. The number of hydrogen-bond acceptors (Lipinski definition) is 4. The fourth-order valence-electron chi connectivity index (χ4n) is 2.51. The summed E-state index contributed by atoms with van der Waals surface area (Å²) in [5.41, 5.74) is 6.61. The minimum atomic E-state index is -0.350. The van der Waals surface area contributed by atoms with Crippen LogP contribution in [0.3, 0.4) is 0 Å². The van der Waals surface area contributed by atoms with E-state index in [1.165, 1.54) is 25.0 Å². The lowest BCUT2D eigenvalue weighted by molar-refractivity contribution is 0.388. The van der Waals surface area contributed by atoms with Gasteiger partial charge in [-0.15, -0.1) is 5.10 Å². The number of tetrazole rings is 1. The van der Waals surface area contributed by atoms with E-state index in [1.54, 1.807) is 10.7 Å². The summed E-state index contributed by atoms with van der Waals surface area (Å²) in [5.74, 6) is 0.876. The molecule has 2 aromatic rings. The van der Waals surface area contributed by atoms with Crippen LogP contribution in [0.25, 0.3) is 11.4 Å². The van der Waals surface area contributed by atoms with Crippen LogP contribution in [-0.2, 0) is 0 Å². The number of halogens is 1. The average Bonchev–Trinajstić information content (AvgIpc) is 3.14. The van der Waals surface area contributed by atoms with Gasteiger partial charge in [0.15, 0.2) is 5.82 Å². The maximum Gasteiger partial charge on any atom is 0.185 e. The van der Waals surface area contributed by atoms with Crippen molar-refractivity contribution in [2.45, 2.75) is 38.6 Å². The lowest BCUT2D eigenvalue weighted by Gasteiger charge is -2.16. The summed E-state index contributed by atoms with van der Waals surface area (Å²) >= 11 is 0. The Kier molecular flexibility index (Phi) is 3.38. The van der Waals surface area contributed by atoms with Crippen LogP contribution < -0.4 is 5.73 Å². The van der Waals surface area contributed by atoms with Crippen molar-refractivity contribution in [2.24, 2.45) is 5.92 Å². The van der Waals surface area contributed by atoms with Crippen molar-refractivity contribution in [3.8, 4) is 11.4 Å². The molecule has 1 aromatic heterocycles. The van der Waals surface area contributed by atoms with E-state index in [9.17, 15) is 4.39 Å². The molecular formula is C14H18FN5. The third-order valence-corrected chi connectivity index (χ3v) is 3.84. The first-order valence-electron chi connectivity index (χ1n) is 7.02. The molecule has 1 saturated carbocycles. The van der Waals surface area contributed by atoms with E-state index < -0.39 is 0 Å². The summed E-state index contributed by atoms with van der Waals surface area (Å²) < 4.78 is 15.7. The molecule has 6 heteroatoms. The molecule has 20 heavy (non-hydrogen) atoms. The normalized spacial score (nSPS) is 16.3. The van der Waals surface area contributed by atoms with Gasteiger partial charge in [0, 0.05) is 5.69 Å². The number of benzene rings is 1. The zero-order chi connectivity index (χ0) is 14.1. The molecular weight excluding hydrogens is 257 g/mol. The Morgan fingerprint density at radius 2 is 2.25 bits per heavy atom. The average molecular weight is 275 g/mol. The summed E-state index contributed by atoms with van der Waals surface area (Å²) in [6.07, 6.45) is 4.54. The van der Waals surface area contributed by atoms with Crippen LogP contribution in [0.4, 0.5) is 10.1 Å². The van der Waals surface area contributed by atoms with Crippen LogP contribution >= 0.6 is 0 Å². The number of rotatable bonds is 5. The minimum absolute atomic E-state index is 0.216. The highest BCUT2D eigenvalue weighted by Crippen LogP contribution is 2.38. The van der Waals surface area contributed by atoms with Crippen LogP contribution in [0.15, 0.2) is 18.2 Å². The zero-order valence-electron chi connectivity index (χ0n) is 11.5. The van der Waals surface area contributed by atoms with E-state index in [1.807, 2.05) is 0 Å². The Bertz CT molecular complexity index is 605. The summed E-state index contributed by atoms with van der Waals surface area (Å²) in [7, 11) is 0. The van der Waals surface area contributed by atoms with E-state index >= 15 is 0 Å². The Balaban J connectivity index is 1.97. The summed E-state index contributed by atoms with van der Waals surface area (Å²) in [4.78, 5) is 0. The van der Waals surface area contributed by atoms with Gasteiger partial charge >= 0.3 is 0 Å². The number of nitrogens with two attached hydrogens (primary N) is 1. The molecule has 0 bridgehead atoms. The Morgan fingerprint density at radius 3 is 2.95 bits per heavy atom. The van der Waals surface area contributed by atoms with Crippen LogP contribution in [-0.4, -0.2) is 20.2 Å². The highest BCUT2D eigenvalue weighted by Gasteiger charge is 2.28. The van der Waals surface area contributed by atoms with E-state index in [0.717, 1.165) is 18.8 Å². The lowest BCUT2D eigenvalue weighted by atomic mass is 10.1. The predicted molar refractivity (Wildman–Crippen MR) is 74.3 cm³/mol. The molecule has 0 aliphatic heterocycles. The largest absolute Gasteiger partial charge is 0.399 e. The first kappa shape index (κ1) is 13.0. The van der Waals surface area contributed by atoms with Crippen molar-refractivity contribution >= 4 is 5.69 Å². The second kappa shape index (κ2) is 5.19. The van der Waals surface area contributed by atoms with Crippen molar-refractivity contribution < 1.29 is 4.39 Å². The van der Waals surface area contributed by atoms with Crippen molar-refractivity contribution in [3.05, 3.63) is 24.0 Å². The van der Waals surface area contributed by atoms with Crippen LogP contribution in [0.2, 0.25) is 0 Å². The Labute approximate surface area is 117 Å². The van der Waals surface area contributed by atoms with Crippen molar-refractivity contribution in [1.29, 1.82) is 0 Å². The molecule has 2 N–H and O–H groups in total. The molecule has 1 unspecified atom stereocenters. The van der Waals surface area contributed by atoms with E-state index in [4.69, 9.17) is 5.73 Å². The minimum Gasteiger partial charge on any atom is -0.399 e. The molecule has 0 saturated heterocycles. The van der Waals surface area contributed by atoms with Crippen molar-refractivity contribution in [3.63, 3.8) is 0 Å². The summed E-state index contributed by atoms with van der Waals surface area (Å²) in [6.45, 7) is 2.11. The van der Waals surface area contributed by atoms with Crippen molar-refractivity contribution in [1.82, 2.24) is 20.2 Å². The van der Waals surface area contributed by atoms with Gasteiger partial charge in [0.25, 0.3) is 0 Å². The number of anilines is 1. The fraction of sp³-hybridized carbons (Fsp3) is 0.500. The van der Waals surface area contributed by atoms with Gasteiger partial charge in [0.05, 0.1) is 11.6 Å². The standard InChI is InChI=1S/C14H18FN5/c1-2-11(7-9-3-4-9)20-14(17-18-19-20)12-8-10(16)5-6-13(12)15/h5-6,8-9,11H,2-4,7,16H2,1H3. The third-order valence-electron chi connectivity index (χ3n) is 3.84. The third kappa shape index (κ3) is 2.50. The number of nitrogen functional groups attached to an aromatic ring is 1. The molecule has 1 aliphatic rings. The van der Waals surface area contributed by atoms with Gasteiger partial charge < -0.3 is 5.73 Å². The molecule has 1 aromatic carbocycles. The van der Waals surface area contributed by atoms with Crippen LogP contribution in [0, 0.1) is 11.7 Å². The topological polar surface area (TPSA) is 69.6 Å². The van der Waals surface area contributed by atoms with Gasteiger partial charge in [-0.3, -0.25) is 0 Å². The van der Waals surface area contributed by atoms with Gasteiger partial charge in [-0.1, -0.05) is 19.8 Å². The first-order valence-corrected chi connectivity index (χ1v) is 7.02. The van der Waals surface area contributed by atoms with Gasteiger partial charge in [0.2, 0.25) is 0 Å². The smallest absolute Gasteiger partial charge is 0.185 e. The van der Waals surface area contributed by atoms with Gasteiger partial charge in [-0.2, -0.15) is 0 Å². The Morgan fingerprint density at radius 1 is 1.45 bits per heavy atom. The quantitative estimate of drug-likeness (QED) is 0.852. The summed E-state index contributed by atoms with van der Waals surface area (Å²) in [5, 5.41) is 11.8. The van der Waals surface area contributed by atoms with Crippen LogP contribution in [0.5, 0.6) is 0 Å². The number of hydrogen-bond donors (Lipinski definition) is 1. The van der Waals surface area contributed by atoms with E-state index in [-0.39, 0.29) is 11.9 Å². The van der Waals surface area contributed by atoms with Gasteiger partial charge in [-0.05, 0) is 47.4 Å². The number of nitrogens with zero attached hydrogens (tertiary/aromatic N) is 4. The molecule has 0 spiro atoms. The van der Waals surface area contributed by atoms with Gasteiger partial charge in [0.1, 0.15) is 5.82 Å². The monoisotopic (exact) mass is 275 g/mol. The SMILES string of the molecule is CCC(CC1CC1)n1nnnc1-c1cc(N)ccc1F. The first-order chi connectivity index (χ1) is 9.69. The van der Waals surface area contributed by atoms with E-state index in [2.05, 4.69) is 22.4 Å². The molecule has 3 rings (SSSR count). The molecule has 106 valence electrons. The van der Waals surface area contributed by atoms with Crippen molar-refractivity contribution in [2.75, 3.05) is 5.73 Å². The number of aromatic nitrogens is 4. The molecule has 1 atom stereocenters. The zero-order valence-corrected chi connectivity index (χ0v) is 11.5. The maximum absolute atomic E-state index is 14.0. The molecule has 1 heterocycles. The highest BCUT2D eigenvalue weighted by atomic mass is 19.1. The molecule has 1 fully saturated rings. The molecule has 0 radical (unpaired) electrons. The van der Waals surface area contributed by atoms with Crippen LogP contribution in [0.1, 0.15) is 38.6 Å². The highest BCUT2D eigenvalue weighted by molar-refractivity contribution is 5.61.